The summed E-state index contributed by atoms with van der Waals surface area (Å²) in [6.07, 6.45) is 1.24. The van der Waals surface area contributed by atoms with Gasteiger partial charge in [0.15, 0.2) is 0 Å². The molecule has 1 aliphatic rings. The molecule has 0 radical (unpaired) electrons. The second-order valence-corrected chi connectivity index (χ2v) is 2.16. The summed E-state index contributed by atoms with van der Waals surface area (Å²) in [7, 11) is 0. The Labute approximate surface area is 69.1 Å². The molecule has 0 fully saturated rings. The molecular formula is C7H8N2O3. The van der Waals surface area contributed by atoms with Crippen molar-refractivity contribution >= 4 is 11.9 Å². The largest absolute Gasteiger partial charge is 0.466 e. The molecular weight excluding hydrogens is 160 g/mol. The van der Waals surface area contributed by atoms with E-state index in [1.165, 1.54) is 6.20 Å². The highest BCUT2D eigenvalue weighted by atomic mass is 16.5. The highest BCUT2D eigenvalue weighted by molar-refractivity contribution is 5.99. The highest BCUT2D eigenvalue weighted by Gasteiger charge is 2.17. The van der Waals surface area contributed by atoms with Crippen LogP contribution < -0.4 is 0 Å². The standard InChI is InChI=1S/C7H8N2O3/c1-2-12-6(10)3-5-4-8-9-7(5)11/h4H,2-3H2,1H3. The second kappa shape index (κ2) is 3.75. The van der Waals surface area contributed by atoms with E-state index in [1.54, 1.807) is 6.92 Å². The van der Waals surface area contributed by atoms with Crippen LogP contribution in [0.2, 0.25) is 0 Å². The van der Waals surface area contributed by atoms with Crippen LogP contribution in [0.4, 0.5) is 0 Å². The van der Waals surface area contributed by atoms with Crippen molar-refractivity contribution in [3.63, 3.8) is 0 Å². The van der Waals surface area contributed by atoms with Crippen molar-refractivity contribution in [3.05, 3.63) is 11.8 Å². The first-order chi connectivity index (χ1) is 5.74. The molecule has 1 amide bonds. The van der Waals surface area contributed by atoms with Crippen molar-refractivity contribution in [1.29, 1.82) is 0 Å². The molecule has 0 aromatic heterocycles. The Kier molecular flexibility index (Phi) is 2.68. The van der Waals surface area contributed by atoms with Crippen molar-refractivity contribution in [2.24, 2.45) is 10.2 Å². The Morgan fingerprint density at radius 3 is 2.92 bits per heavy atom. The molecule has 0 N–H and O–H groups in total. The van der Waals surface area contributed by atoms with Crippen LogP contribution in [0.25, 0.3) is 0 Å². The third kappa shape index (κ3) is 1.98. The van der Waals surface area contributed by atoms with Gasteiger partial charge in [0.25, 0.3) is 5.91 Å². The average Bonchev–Trinajstić information content (AvgIpc) is 2.37. The van der Waals surface area contributed by atoms with Crippen molar-refractivity contribution in [3.8, 4) is 0 Å². The van der Waals surface area contributed by atoms with Crippen LogP contribution in [0, 0.1) is 0 Å². The van der Waals surface area contributed by atoms with Crippen LogP contribution in [-0.4, -0.2) is 18.5 Å². The maximum atomic E-state index is 10.8. The van der Waals surface area contributed by atoms with Gasteiger partial charge < -0.3 is 4.74 Å². The minimum Gasteiger partial charge on any atom is -0.466 e. The molecule has 0 saturated heterocycles. The maximum Gasteiger partial charge on any atom is 0.310 e. The zero-order chi connectivity index (χ0) is 8.97. The third-order valence-electron chi connectivity index (χ3n) is 1.28. The predicted octanol–water partition coefficient (Wildman–Crippen LogP) is 0.816. The van der Waals surface area contributed by atoms with Crippen LogP contribution in [-0.2, 0) is 14.3 Å². The molecule has 0 atom stereocenters. The van der Waals surface area contributed by atoms with Gasteiger partial charge in [0, 0.05) is 0 Å². The van der Waals surface area contributed by atoms with E-state index in [0.717, 1.165) is 0 Å². The van der Waals surface area contributed by atoms with Gasteiger partial charge in [-0.15, -0.1) is 5.11 Å². The number of rotatable bonds is 3. The molecule has 1 aliphatic heterocycles. The molecule has 0 unspecified atom stereocenters. The summed E-state index contributed by atoms with van der Waals surface area (Å²) in [6.45, 7) is 2.02. The number of hydrogen-bond donors (Lipinski definition) is 0. The third-order valence-corrected chi connectivity index (χ3v) is 1.28. The lowest BCUT2D eigenvalue weighted by Gasteiger charge is -1.98. The molecule has 5 nitrogen and oxygen atoms in total. The molecule has 0 aromatic rings. The van der Waals surface area contributed by atoms with Gasteiger partial charge in [-0.3, -0.25) is 9.59 Å². The molecule has 1 rings (SSSR count). The lowest BCUT2D eigenvalue weighted by atomic mass is 10.2. The van der Waals surface area contributed by atoms with Crippen LogP contribution in [0.5, 0.6) is 0 Å². The van der Waals surface area contributed by atoms with Crippen LogP contribution in [0.1, 0.15) is 13.3 Å². The molecule has 5 heteroatoms. The number of ether oxygens (including phenoxy) is 1. The first kappa shape index (κ1) is 8.58. The van der Waals surface area contributed by atoms with Gasteiger partial charge in [-0.1, -0.05) is 0 Å². The highest BCUT2D eigenvalue weighted by Crippen LogP contribution is 2.11. The zero-order valence-corrected chi connectivity index (χ0v) is 6.61. The van der Waals surface area contributed by atoms with Gasteiger partial charge in [0.1, 0.15) is 0 Å². The van der Waals surface area contributed by atoms with E-state index in [-0.39, 0.29) is 12.0 Å². The van der Waals surface area contributed by atoms with Gasteiger partial charge >= 0.3 is 5.97 Å². The number of carbonyl (C=O) groups is 2. The smallest absolute Gasteiger partial charge is 0.310 e. The molecule has 0 saturated carbocycles. The van der Waals surface area contributed by atoms with E-state index in [2.05, 4.69) is 15.0 Å². The van der Waals surface area contributed by atoms with E-state index >= 15 is 0 Å². The van der Waals surface area contributed by atoms with E-state index < -0.39 is 11.9 Å². The molecule has 0 spiro atoms. The zero-order valence-electron chi connectivity index (χ0n) is 6.61. The molecule has 0 bridgehead atoms. The summed E-state index contributed by atoms with van der Waals surface area (Å²) in [6, 6.07) is 0. The fourth-order valence-electron chi connectivity index (χ4n) is 0.759. The van der Waals surface area contributed by atoms with Crippen molar-refractivity contribution in [2.75, 3.05) is 6.61 Å². The lowest BCUT2D eigenvalue weighted by Crippen LogP contribution is -2.07. The summed E-state index contributed by atoms with van der Waals surface area (Å²) in [5.74, 6) is -0.882. The van der Waals surface area contributed by atoms with E-state index in [1.807, 2.05) is 0 Å². The minimum absolute atomic E-state index is 0.0420. The number of amides is 1. The van der Waals surface area contributed by atoms with Gasteiger partial charge in [-0.25, -0.2) is 0 Å². The van der Waals surface area contributed by atoms with E-state index in [0.29, 0.717) is 6.61 Å². The number of nitrogens with zero attached hydrogens (tertiary/aromatic N) is 2. The fourth-order valence-corrected chi connectivity index (χ4v) is 0.759. The summed E-state index contributed by atoms with van der Waals surface area (Å²) >= 11 is 0. The van der Waals surface area contributed by atoms with Gasteiger partial charge in [-0.2, -0.15) is 5.11 Å². The topological polar surface area (TPSA) is 68.1 Å². The second-order valence-electron chi connectivity index (χ2n) is 2.16. The molecule has 0 aliphatic carbocycles. The Bertz CT molecular complexity index is 268. The number of esters is 1. The Hall–Kier alpha value is -1.52. The normalized spacial score (nSPS) is 14.8. The first-order valence-electron chi connectivity index (χ1n) is 3.54. The summed E-state index contributed by atoms with van der Waals surface area (Å²) in [5, 5.41) is 6.58. The maximum absolute atomic E-state index is 10.8. The van der Waals surface area contributed by atoms with Crippen LogP contribution >= 0.6 is 0 Å². The lowest BCUT2D eigenvalue weighted by molar-refractivity contribution is -0.142. The number of carbonyl (C=O) groups excluding carboxylic acids is 2. The predicted molar refractivity (Wildman–Crippen MR) is 39.2 cm³/mol. The number of hydrogen-bond acceptors (Lipinski definition) is 4. The summed E-state index contributed by atoms with van der Waals surface area (Å²) in [4.78, 5) is 21.6. The Morgan fingerprint density at radius 2 is 2.42 bits per heavy atom. The number of azo groups is 1. The van der Waals surface area contributed by atoms with Crippen molar-refractivity contribution in [1.82, 2.24) is 0 Å². The van der Waals surface area contributed by atoms with E-state index in [4.69, 9.17) is 0 Å². The minimum atomic E-state index is -0.456. The van der Waals surface area contributed by atoms with Crippen LogP contribution in [0.3, 0.4) is 0 Å². The molecule has 0 aromatic carbocycles. The Morgan fingerprint density at radius 1 is 1.67 bits per heavy atom. The fraction of sp³-hybridized carbons (Fsp3) is 0.429. The van der Waals surface area contributed by atoms with Gasteiger partial charge in [0.2, 0.25) is 0 Å². The Balaban J connectivity index is 2.43. The molecule has 12 heavy (non-hydrogen) atoms. The SMILES string of the molecule is CCOC(=O)CC1=CN=NC1=O. The molecule has 64 valence electrons. The summed E-state index contributed by atoms with van der Waals surface area (Å²) < 4.78 is 4.64. The van der Waals surface area contributed by atoms with Crippen molar-refractivity contribution < 1.29 is 14.3 Å². The van der Waals surface area contributed by atoms with Gasteiger partial charge in [0.05, 0.1) is 24.8 Å². The molecule has 1 heterocycles. The monoisotopic (exact) mass is 168 g/mol. The van der Waals surface area contributed by atoms with E-state index in [9.17, 15) is 9.59 Å². The quantitative estimate of drug-likeness (QED) is 0.585. The van der Waals surface area contributed by atoms with Crippen molar-refractivity contribution in [2.45, 2.75) is 13.3 Å². The van der Waals surface area contributed by atoms with Crippen LogP contribution in [0.15, 0.2) is 22.0 Å². The average molecular weight is 168 g/mol. The summed E-state index contributed by atoms with van der Waals surface area (Å²) in [5.41, 5.74) is 0.286. The van der Waals surface area contributed by atoms with Gasteiger partial charge in [-0.05, 0) is 6.92 Å². The first-order valence-corrected chi connectivity index (χ1v) is 3.54.